The van der Waals surface area contributed by atoms with Crippen LogP contribution in [0.15, 0.2) is 85.2 Å². The Hall–Kier alpha value is -4.67. The fourth-order valence-corrected chi connectivity index (χ4v) is 9.30. The summed E-state index contributed by atoms with van der Waals surface area (Å²) < 4.78 is 6.63. The van der Waals surface area contributed by atoms with E-state index < -0.39 is 5.41 Å². The molecule has 3 aliphatic rings. The van der Waals surface area contributed by atoms with Gasteiger partial charge in [-0.1, -0.05) is 125 Å². The second kappa shape index (κ2) is 13.2. The summed E-state index contributed by atoms with van der Waals surface area (Å²) in [7, 11) is 2.15. The first kappa shape index (κ1) is 40.1. The Labute approximate surface area is 359 Å². The van der Waals surface area contributed by atoms with E-state index in [-0.39, 0.29) is 42.7 Å². The summed E-state index contributed by atoms with van der Waals surface area (Å²) >= 11 is 0. The number of benzene rings is 5. The Morgan fingerprint density at radius 1 is 0.621 bits per heavy atom. The van der Waals surface area contributed by atoms with Crippen molar-refractivity contribution in [1.82, 2.24) is 15.0 Å². The van der Waals surface area contributed by atoms with Gasteiger partial charge in [0.25, 0.3) is 0 Å². The zero-order valence-electron chi connectivity index (χ0n) is 36.1. The molecular formula is C51H54N5OPt-3. The van der Waals surface area contributed by atoms with Crippen molar-refractivity contribution in [2.75, 3.05) is 16.8 Å². The van der Waals surface area contributed by atoms with Crippen LogP contribution < -0.4 is 14.5 Å². The average Bonchev–Trinajstić information content (AvgIpc) is 3.86. The summed E-state index contributed by atoms with van der Waals surface area (Å²) in [6, 6.07) is 34.4. The number of hydrogen-bond donors (Lipinski definition) is 0. The van der Waals surface area contributed by atoms with Gasteiger partial charge in [0, 0.05) is 49.4 Å². The van der Waals surface area contributed by atoms with Crippen molar-refractivity contribution < 1.29 is 25.8 Å². The van der Waals surface area contributed by atoms with Crippen LogP contribution in [0, 0.1) is 18.8 Å². The van der Waals surface area contributed by atoms with Gasteiger partial charge in [-0.05, 0) is 90.5 Å². The Morgan fingerprint density at radius 2 is 1.17 bits per heavy atom. The Balaban J connectivity index is 0.00000469. The van der Waals surface area contributed by atoms with Crippen molar-refractivity contribution in [3.63, 3.8) is 0 Å². The zero-order valence-corrected chi connectivity index (χ0v) is 38.4. The first-order valence-electron chi connectivity index (χ1n) is 20.2. The molecule has 0 saturated heterocycles. The van der Waals surface area contributed by atoms with E-state index in [4.69, 9.17) is 4.74 Å². The molecule has 0 fully saturated rings. The van der Waals surface area contributed by atoms with Crippen LogP contribution in [0.3, 0.4) is 0 Å². The van der Waals surface area contributed by atoms with E-state index in [9.17, 15) is 0 Å². The molecule has 3 heterocycles. The number of ether oxygens (including phenoxy) is 1. The third-order valence-electron chi connectivity index (χ3n) is 12.1. The number of hydrogen-bond acceptors (Lipinski definition) is 5. The van der Waals surface area contributed by atoms with E-state index in [1.54, 1.807) is 17.2 Å². The van der Waals surface area contributed by atoms with Gasteiger partial charge in [0.2, 0.25) is 0 Å². The number of aromatic nitrogens is 3. The fraction of sp³-hybridized carbons (Fsp3) is 0.353. The van der Waals surface area contributed by atoms with Crippen molar-refractivity contribution in [3.8, 4) is 28.3 Å². The van der Waals surface area contributed by atoms with Crippen molar-refractivity contribution in [2.24, 2.45) is 0 Å². The molecule has 302 valence electrons. The van der Waals surface area contributed by atoms with Gasteiger partial charge < -0.3 is 14.5 Å². The largest absolute Gasteiger partial charge is 0.509 e. The molecule has 2 aliphatic heterocycles. The average molecular weight is 948 g/mol. The van der Waals surface area contributed by atoms with Crippen LogP contribution >= 0.6 is 0 Å². The number of anilines is 3. The minimum atomic E-state index is -0.647. The molecule has 6 nitrogen and oxygen atoms in total. The van der Waals surface area contributed by atoms with Gasteiger partial charge in [0.05, 0.1) is 12.4 Å². The van der Waals surface area contributed by atoms with Crippen LogP contribution in [0.2, 0.25) is 0 Å². The van der Waals surface area contributed by atoms with E-state index in [1.807, 2.05) is 18.2 Å². The summed E-state index contributed by atoms with van der Waals surface area (Å²) in [4.78, 5) is 6.13. The van der Waals surface area contributed by atoms with E-state index in [0.717, 1.165) is 5.69 Å². The van der Waals surface area contributed by atoms with Crippen LogP contribution in [0.1, 0.15) is 128 Å². The number of nitrogens with zero attached hydrogens (tertiary/aromatic N) is 5. The molecule has 0 unspecified atom stereocenters. The first-order chi connectivity index (χ1) is 26.7. The summed E-state index contributed by atoms with van der Waals surface area (Å²) in [5, 5.41) is 8.61. The molecule has 0 saturated carbocycles. The molecule has 5 aromatic carbocycles. The summed E-state index contributed by atoms with van der Waals surface area (Å²) in [5.74, 6) is 1.19. The van der Waals surface area contributed by atoms with Crippen molar-refractivity contribution >= 4 is 17.1 Å². The molecule has 7 heteroatoms. The minimum absolute atomic E-state index is 0. The predicted octanol–water partition coefficient (Wildman–Crippen LogP) is 12.2. The minimum Gasteiger partial charge on any atom is -0.509 e. The topological polar surface area (TPSA) is 46.4 Å². The maximum atomic E-state index is 6.63. The van der Waals surface area contributed by atoms with Gasteiger partial charge >= 0.3 is 0 Å². The van der Waals surface area contributed by atoms with Crippen LogP contribution in [0.4, 0.5) is 17.1 Å². The standard InChI is InChI=1S/C51H54N5O.Pt/c1-47(2,3)31-24-36-37-25-32(48(4,5)6)27-41(50(10,11)12)45(37)51(44(36)40(26-31)49(7,8)9)38-21-20-35(57-34-17-14-16-33(28-34)56-52-22-23-53-56)29-43(38)55-30-54(13)42-19-15-18-39(51)46(42)55;/h14-27,30H,1-13H3;/q-3;. The second-order valence-electron chi connectivity index (χ2n) is 20.3. The monoisotopic (exact) mass is 947 g/mol. The summed E-state index contributed by atoms with van der Waals surface area (Å²) in [6.45, 7) is 30.6. The van der Waals surface area contributed by atoms with E-state index in [0.29, 0.717) is 17.2 Å². The Bertz CT molecular complexity index is 2510. The summed E-state index contributed by atoms with van der Waals surface area (Å²) in [5.41, 5.74) is 16.4. The third-order valence-corrected chi connectivity index (χ3v) is 12.1. The van der Waals surface area contributed by atoms with Crippen LogP contribution in [0.25, 0.3) is 16.8 Å². The molecule has 9 rings (SSSR count). The SMILES string of the molecule is CN1[CH-]N2c3[c-]c(Oc4[c-]c(-n5nccn5)ccc4)ccc3C3(c4cccc1c42)c1c(cc(C(C)(C)C)cc1C(C)(C)C)-c1cc(C(C)(C)C)cc(C(C)(C)C)c13.[Pt]. The zero-order chi connectivity index (χ0) is 40.6. The Kier molecular flexibility index (Phi) is 9.11. The van der Waals surface area contributed by atoms with Gasteiger partial charge in [-0.25, -0.2) is 0 Å². The molecule has 1 aliphatic carbocycles. The molecule has 58 heavy (non-hydrogen) atoms. The summed E-state index contributed by atoms with van der Waals surface area (Å²) in [6.07, 6.45) is 3.32. The van der Waals surface area contributed by atoms with Crippen LogP contribution in [0.5, 0.6) is 11.5 Å². The number of para-hydroxylation sites is 1. The van der Waals surface area contributed by atoms with Crippen molar-refractivity contribution in [1.29, 1.82) is 0 Å². The van der Waals surface area contributed by atoms with Gasteiger partial charge in [-0.2, -0.15) is 33.8 Å². The van der Waals surface area contributed by atoms with Crippen LogP contribution in [-0.4, -0.2) is 22.0 Å². The fourth-order valence-electron chi connectivity index (χ4n) is 9.30. The molecular weight excluding hydrogens is 894 g/mol. The van der Waals surface area contributed by atoms with E-state index in [1.165, 1.54) is 67.0 Å². The molecule has 0 atom stereocenters. The smallest absolute Gasteiger partial charge is 0.0696 e. The molecule has 1 spiro atoms. The number of rotatable bonds is 3. The molecule has 6 aromatic rings. The van der Waals surface area contributed by atoms with Gasteiger partial charge in [-0.15, -0.1) is 35.9 Å². The maximum absolute atomic E-state index is 6.63. The van der Waals surface area contributed by atoms with Crippen LogP contribution in [-0.2, 0) is 48.1 Å². The normalized spacial score (nSPS) is 15.2. The molecule has 0 bridgehead atoms. The van der Waals surface area contributed by atoms with Crippen molar-refractivity contribution in [2.45, 2.75) is 110 Å². The van der Waals surface area contributed by atoms with Gasteiger partial charge in [0.1, 0.15) is 0 Å². The molecule has 0 N–H and O–H groups in total. The maximum Gasteiger partial charge on any atom is 0.0696 e. The predicted molar refractivity (Wildman–Crippen MR) is 232 cm³/mol. The first-order valence-corrected chi connectivity index (χ1v) is 20.2. The van der Waals surface area contributed by atoms with E-state index in [2.05, 4.69) is 184 Å². The molecule has 0 radical (unpaired) electrons. The van der Waals surface area contributed by atoms with E-state index >= 15 is 0 Å². The second-order valence-corrected chi connectivity index (χ2v) is 20.3. The number of fused-ring (bicyclic) bond motifs is 9. The molecule has 0 amide bonds. The van der Waals surface area contributed by atoms with Gasteiger partial charge in [-0.3, -0.25) is 0 Å². The third kappa shape index (κ3) is 5.99. The van der Waals surface area contributed by atoms with Gasteiger partial charge in [0.15, 0.2) is 0 Å². The Morgan fingerprint density at radius 3 is 1.72 bits per heavy atom. The van der Waals surface area contributed by atoms with Crippen molar-refractivity contribution in [3.05, 3.63) is 148 Å². The quantitative estimate of drug-likeness (QED) is 0.165. The molecule has 1 aromatic heterocycles.